The molecule has 2 aromatic heterocycles. The molecule has 2 aromatic carbocycles. The van der Waals surface area contributed by atoms with E-state index in [1.807, 2.05) is 25.1 Å². The summed E-state index contributed by atoms with van der Waals surface area (Å²) in [7, 11) is 1.76. The number of nitrogens with one attached hydrogen (secondary N) is 1. The van der Waals surface area contributed by atoms with Crippen LogP contribution in [-0.2, 0) is 17.8 Å². The van der Waals surface area contributed by atoms with Gasteiger partial charge in [0.25, 0.3) is 5.56 Å². The Balaban J connectivity index is 1.22. The van der Waals surface area contributed by atoms with Crippen LogP contribution in [0.25, 0.3) is 22.2 Å². The summed E-state index contributed by atoms with van der Waals surface area (Å²) >= 11 is 0. The highest BCUT2D eigenvalue weighted by Gasteiger charge is 2.13. The molecule has 0 atom stereocenters. The minimum absolute atomic E-state index is 0.0213. The second kappa shape index (κ2) is 10.4. The molecule has 7 nitrogen and oxygen atoms in total. The van der Waals surface area contributed by atoms with Crippen molar-refractivity contribution in [1.29, 1.82) is 0 Å². The van der Waals surface area contributed by atoms with Crippen LogP contribution < -0.4 is 5.56 Å². The molecule has 0 aliphatic rings. The maximum Gasteiger partial charge on any atom is 0.261 e. The summed E-state index contributed by atoms with van der Waals surface area (Å²) in [5.41, 5.74) is 4.12. The molecule has 1 amide bonds. The number of aryl methyl sites for hydroxylation is 2. The highest BCUT2D eigenvalue weighted by atomic mass is 19.1. The quantitative estimate of drug-likeness (QED) is 0.380. The second-order valence-electron chi connectivity index (χ2n) is 8.56. The molecule has 2 heterocycles. The first-order valence-electron chi connectivity index (χ1n) is 11.4. The number of likely N-dealkylation sites (N-methyl/N-ethyl adjacent to an activating group) is 1. The van der Waals surface area contributed by atoms with E-state index in [0.717, 1.165) is 48.2 Å². The smallest absolute Gasteiger partial charge is 0.261 e. The number of fused-ring (bicyclic) bond motifs is 1. The first-order valence-corrected chi connectivity index (χ1v) is 11.4. The largest absolute Gasteiger partial charge is 0.344 e. The lowest BCUT2D eigenvalue weighted by molar-refractivity contribution is -0.130. The lowest BCUT2D eigenvalue weighted by atomic mass is 10.1. The van der Waals surface area contributed by atoms with Crippen LogP contribution >= 0.6 is 0 Å². The molecule has 4 aromatic rings. The first kappa shape index (κ1) is 23.4. The monoisotopic (exact) mass is 461 g/mol. The Morgan fingerprint density at radius 2 is 1.91 bits per heavy atom. The average Bonchev–Trinajstić information content (AvgIpc) is 3.30. The van der Waals surface area contributed by atoms with Crippen LogP contribution in [0.3, 0.4) is 0 Å². The fourth-order valence-corrected chi connectivity index (χ4v) is 3.94. The normalized spacial score (nSPS) is 11.1. The highest BCUT2D eigenvalue weighted by Crippen LogP contribution is 2.19. The van der Waals surface area contributed by atoms with Crippen molar-refractivity contribution in [3.8, 4) is 11.3 Å². The van der Waals surface area contributed by atoms with Gasteiger partial charge >= 0.3 is 0 Å². The number of unbranched alkanes of at least 4 members (excludes halogenated alkanes) is 2. The molecule has 0 saturated heterocycles. The molecule has 0 fully saturated rings. The van der Waals surface area contributed by atoms with Crippen LogP contribution in [0.4, 0.5) is 4.39 Å². The number of carbonyl (C=O) groups excluding carboxylic acids is 1. The molecule has 1 N–H and O–H groups in total. The van der Waals surface area contributed by atoms with Gasteiger partial charge in [0.15, 0.2) is 0 Å². The summed E-state index contributed by atoms with van der Waals surface area (Å²) in [5, 5.41) is 7.87. The maximum atomic E-state index is 13.1. The molecule has 8 heteroatoms. The molecular weight excluding hydrogens is 433 g/mol. The molecule has 0 aliphatic carbocycles. The van der Waals surface area contributed by atoms with Crippen LogP contribution in [0.1, 0.15) is 30.5 Å². The predicted molar refractivity (Wildman–Crippen MR) is 130 cm³/mol. The number of nitrogens with zero attached hydrogens (tertiary/aromatic N) is 4. The van der Waals surface area contributed by atoms with Gasteiger partial charge in [-0.05, 0) is 68.1 Å². The fourth-order valence-electron chi connectivity index (χ4n) is 3.94. The van der Waals surface area contributed by atoms with Gasteiger partial charge in [0.05, 0.1) is 22.9 Å². The third-order valence-corrected chi connectivity index (χ3v) is 6.00. The van der Waals surface area contributed by atoms with Crippen molar-refractivity contribution < 1.29 is 9.18 Å². The molecular formula is C26H28FN5O2. The van der Waals surface area contributed by atoms with Gasteiger partial charge in [0.2, 0.25) is 5.91 Å². The molecule has 176 valence electrons. The number of hydrogen-bond acceptors (Lipinski definition) is 4. The SMILES string of the molecule is Cc1cccc2c(=O)n(CC(=O)N(C)CCCCCc3cc(-c4ccc(F)cc4)n[nH]3)cnc12. The Morgan fingerprint density at radius 3 is 2.71 bits per heavy atom. The summed E-state index contributed by atoms with van der Waals surface area (Å²) in [6.07, 6.45) is 5.09. The van der Waals surface area contributed by atoms with Crippen LogP contribution in [0.2, 0.25) is 0 Å². The topological polar surface area (TPSA) is 83.9 Å². The number of H-pyrrole nitrogens is 1. The van der Waals surface area contributed by atoms with E-state index < -0.39 is 0 Å². The van der Waals surface area contributed by atoms with Gasteiger partial charge in [-0.2, -0.15) is 5.10 Å². The van der Waals surface area contributed by atoms with Crippen molar-refractivity contribution in [3.63, 3.8) is 0 Å². The van der Waals surface area contributed by atoms with Crippen molar-refractivity contribution in [2.75, 3.05) is 13.6 Å². The number of carbonyl (C=O) groups is 1. The van der Waals surface area contributed by atoms with Gasteiger partial charge in [-0.15, -0.1) is 0 Å². The van der Waals surface area contributed by atoms with Crippen molar-refractivity contribution >= 4 is 16.8 Å². The van der Waals surface area contributed by atoms with Gasteiger partial charge in [-0.1, -0.05) is 18.6 Å². The Morgan fingerprint density at radius 1 is 1.12 bits per heavy atom. The molecule has 34 heavy (non-hydrogen) atoms. The molecule has 0 bridgehead atoms. The molecule has 0 unspecified atom stereocenters. The lowest BCUT2D eigenvalue weighted by Gasteiger charge is -2.18. The van der Waals surface area contributed by atoms with Crippen molar-refractivity contribution in [3.05, 3.63) is 82.3 Å². The van der Waals surface area contributed by atoms with Gasteiger partial charge in [-0.3, -0.25) is 19.3 Å². The third kappa shape index (κ3) is 5.39. The summed E-state index contributed by atoms with van der Waals surface area (Å²) in [6.45, 7) is 2.51. The van der Waals surface area contributed by atoms with Crippen LogP contribution in [0.15, 0.2) is 59.7 Å². The standard InChI is InChI=1S/C26H28FN5O2/c1-18-7-6-9-22-25(18)28-17-32(26(22)34)16-24(33)31(2)14-5-3-4-8-21-15-23(30-29-21)19-10-12-20(27)13-11-19/h6-7,9-13,15,17H,3-5,8,14,16H2,1-2H3,(H,29,30). The Labute approximate surface area is 197 Å². The molecule has 4 rings (SSSR count). The number of benzene rings is 2. The van der Waals surface area contributed by atoms with E-state index >= 15 is 0 Å². The number of hydrogen-bond donors (Lipinski definition) is 1. The van der Waals surface area contributed by atoms with Gasteiger partial charge < -0.3 is 4.90 Å². The van der Waals surface area contributed by atoms with E-state index in [2.05, 4.69) is 15.2 Å². The second-order valence-corrected chi connectivity index (χ2v) is 8.56. The third-order valence-electron chi connectivity index (χ3n) is 6.00. The number of rotatable bonds is 9. The zero-order chi connectivity index (χ0) is 24.1. The summed E-state index contributed by atoms with van der Waals surface area (Å²) < 4.78 is 14.5. The lowest BCUT2D eigenvalue weighted by Crippen LogP contribution is -2.34. The summed E-state index contributed by atoms with van der Waals surface area (Å²) in [5.74, 6) is -0.382. The van der Waals surface area contributed by atoms with E-state index in [-0.39, 0.29) is 23.8 Å². The van der Waals surface area contributed by atoms with E-state index in [0.29, 0.717) is 17.4 Å². The van der Waals surface area contributed by atoms with E-state index in [9.17, 15) is 14.0 Å². The van der Waals surface area contributed by atoms with Crippen molar-refractivity contribution in [1.82, 2.24) is 24.6 Å². The first-order chi connectivity index (χ1) is 16.4. The van der Waals surface area contributed by atoms with E-state index in [4.69, 9.17) is 0 Å². The van der Waals surface area contributed by atoms with Crippen molar-refractivity contribution in [2.24, 2.45) is 0 Å². The number of halogens is 1. The molecule has 0 saturated carbocycles. The highest BCUT2D eigenvalue weighted by molar-refractivity contribution is 5.81. The summed E-state index contributed by atoms with van der Waals surface area (Å²) in [6, 6.07) is 13.7. The zero-order valence-corrected chi connectivity index (χ0v) is 19.4. The van der Waals surface area contributed by atoms with Gasteiger partial charge in [-0.25, -0.2) is 9.37 Å². The zero-order valence-electron chi connectivity index (χ0n) is 19.4. The Hall–Kier alpha value is -3.81. The minimum atomic E-state index is -0.265. The predicted octanol–water partition coefficient (Wildman–Crippen LogP) is 4.11. The number of amides is 1. The van der Waals surface area contributed by atoms with Gasteiger partial charge in [0.1, 0.15) is 12.4 Å². The maximum absolute atomic E-state index is 13.1. The number of aromatic nitrogens is 4. The molecule has 0 spiro atoms. The van der Waals surface area contributed by atoms with E-state index in [1.165, 1.54) is 23.0 Å². The van der Waals surface area contributed by atoms with Crippen LogP contribution in [-0.4, -0.2) is 44.1 Å². The average molecular weight is 462 g/mol. The van der Waals surface area contributed by atoms with Gasteiger partial charge in [0, 0.05) is 24.8 Å². The number of para-hydroxylation sites is 1. The van der Waals surface area contributed by atoms with Crippen LogP contribution in [0, 0.1) is 12.7 Å². The van der Waals surface area contributed by atoms with Crippen molar-refractivity contribution in [2.45, 2.75) is 39.2 Å². The minimum Gasteiger partial charge on any atom is -0.344 e. The molecule has 0 aliphatic heterocycles. The fraction of sp³-hybridized carbons (Fsp3) is 0.308. The van der Waals surface area contributed by atoms with E-state index in [1.54, 1.807) is 30.1 Å². The molecule has 0 radical (unpaired) electrons. The Bertz CT molecular complexity index is 1340. The number of aromatic amines is 1. The summed E-state index contributed by atoms with van der Waals surface area (Å²) in [4.78, 5) is 31.3. The Kier molecular flexibility index (Phi) is 7.15. The van der Waals surface area contributed by atoms with Crippen LogP contribution in [0.5, 0.6) is 0 Å².